The molecular formula is C25H35N3O5S. The lowest BCUT2D eigenvalue weighted by Gasteiger charge is -2.31. The zero-order valence-corrected chi connectivity index (χ0v) is 21.3. The molecule has 1 fully saturated rings. The van der Waals surface area contributed by atoms with Crippen molar-refractivity contribution >= 4 is 21.6 Å². The monoisotopic (exact) mass is 489 g/mol. The minimum atomic E-state index is -3.69. The first-order valence-corrected chi connectivity index (χ1v) is 13.1. The van der Waals surface area contributed by atoms with Gasteiger partial charge in [-0.1, -0.05) is 31.5 Å². The van der Waals surface area contributed by atoms with E-state index >= 15 is 0 Å². The third-order valence-corrected chi connectivity index (χ3v) is 8.00. The van der Waals surface area contributed by atoms with E-state index in [1.54, 1.807) is 37.9 Å². The van der Waals surface area contributed by atoms with Gasteiger partial charge in [-0.2, -0.15) is 4.31 Å². The van der Waals surface area contributed by atoms with Crippen LogP contribution in [0.25, 0.3) is 0 Å². The van der Waals surface area contributed by atoms with Crippen LogP contribution in [-0.2, 0) is 14.8 Å². The number of likely N-dealkylation sites (N-methyl/N-ethyl adjacent to an activating group) is 1. The van der Waals surface area contributed by atoms with Crippen LogP contribution in [0.3, 0.4) is 0 Å². The highest BCUT2D eigenvalue weighted by atomic mass is 32.2. The summed E-state index contributed by atoms with van der Waals surface area (Å²) in [6.45, 7) is 9.45. The molecule has 3 rings (SSSR count). The second kappa shape index (κ2) is 11.7. The molecule has 9 heteroatoms. The predicted molar refractivity (Wildman–Crippen MR) is 133 cm³/mol. The molecule has 1 aliphatic rings. The van der Waals surface area contributed by atoms with Crippen molar-refractivity contribution in [2.75, 3.05) is 64.5 Å². The molecule has 1 saturated heterocycles. The smallest absolute Gasteiger partial charge is 0.255 e. The van der Waals surface area contributed by atoms with Crippen molar-refractivity contribution in [2.45, 2.75) is 25.7 Å². The molecule has 0 N–H and O–H groups in total. The van der Waals surface area contributed by atoms with Crippen LogP contribution in [0.1, 0.15) is 29.8 Å². The van der Waals surface area contributed by atoms with E-state index in [2.05, 4.69) is 4.90 Å². The molecule has 2 aromatic carbocycles. The van der Waals surface area contributed by atoms with Gasteiger partial charge in [0.2, 0.25) is 10.0 Å². The van der Waals surface area contributed by atoms with Gasteiger partial charge in [-0.3, -0.25) is 4.79 Å². The molecule has 0 aliphatic carbocycles. The molecule has 0 bridgehead atoms. The Balaban J connectivity index is 1.84. The molecule has 0 spiro atoms. The summed E-state index contributed by atoms with van der Waals surface area (Å²) in [7, 11) is -1.99. The first kappa shape index (κ1) is 26.0. The van der Waals surface area contributed by atoms with E-state index in [9.17, 15) is 13.2 Å². The number of rotatable bonds is 10. The van der Waals surface area contributed by atoms with Crippen molar-refractivity contribution in [3.05, 3.63) is 53.6 Å². The third kappa shape index (κ3) is 6.08. The van der Waals surface area contributed by atoms with Crippen LogP contribution in [0, 0.1) is 6.92 Å². The summed E-state index contributed by atoms with van der Waals surface area (Å²) in [5.74, 6) is 0.498. The predicted octanol–water partition coefficient (Wildman–Crippen LogP) is 3.01. The number of amides is 1. The largest absolute Gasteiger partial charge is 0.492 e. The molecule has 34 heavy (non-hydrogen) atoms. The zero-order chi connectivity index (χ0) is 24.7. The summed E-state index contributed by atoms with van der Waals surface area (Å²) in [6.07, 6.45) is 0. The van der Waals surface area contributed by atoms with Gasteiger partial charge in [0.25, 0.3) is 5.91 Å². The van der Waals surface area contributed by atoms with Crippen molar-refractivity contribution in [1.82, 2.24) is 9.21 Å². The SMILES string of the molecule is CCN(CC)S(=O)(=O)c1ccc(N2CCOCC2)c(C(=O)N(C)CCOc2ccc(C)cc2)c1. The maximum absolute atomic E-state index is 13.5. The second-order valence-electron chi connectivity index (χ2n) is 8.26. The number of nitrogens with zero attached hydrogens (tertiary/aromatic N) is 3. The van der Waals surface area contributed by atoms with Crippen molar-refractivity contribution < 1.29 is 22.7 Å². The topological polar surface area (TPSA) is 79.4 Å². The van der Waals surface area contributed by atoms with Crippen LogP contribution in [-0.4, -0.2) is 83.1 Å². The highest BCUT2D eigenvalue weighted by molar-refractivity contribution is 7.89. The lowest BCUT2D eigenvalue weighted by Crippen LogP contribution is -2.39. The fourth-order valence-corrected chi connectivity index (χ4v) is 5.37. The Bertz CT molecular complexity index is 1060. The Morgan fingerprint density at radius 2 is 1.71 bits per heavy atom. The quantitative estimate of drug-likeness (QED) is 0.511. The number of anilines is 1. The average molecular weight is 490 g/mol. The lowest BCUT2D eigenvalue weighted by atomic mass is 10.1. The van der Waals surface area contributed by atoms with Gasteiger partial charge in [0.05, 0.1) is 30.2 Å². The van der Waals surface area contributed by atoms with Crippen LogP contribution < -0.4 is 9.64 Å². The average Bonchev–Trinajstić information content (AvgIpc) is 2.85. The number of hydrogen-bond acceptors (Lipinski definition) is 6. The normalized spacial score (nSPS) is 14.3. The van der Waals surface area contributed by atoms with Gasteiger partial charge in [0, 0.05) is 38.9 Å². The number of morpholine rings is 1. The van der Waals surface area contributed by atoms with Crippen LogP contribution in [0.4, 0.5) is 5.69 Å². The van der Waals surface area contributed by atoms with Crippen LogP contribution in [0.2, 0.25) is 0 Å². The Morgan fingerprint density at radius 1 is 1.06 bits per heavy atom. The van der Waals surface area contributed by atoms with Gasteiger partial charge in [-0.25, -0.2) is 8.42 Å². The maximum Gasteiger partial charge on any atom is 0.255 e. The van der Waals surface area contributed by atoms with Gasteiger partial charge in [-0.05, 0) is 37.3 Å². The first-order valence-electron chi connectivity index (χ1n) is 11.7. The number of benzene rings is 2. The van der Waals surface area contributed by atoms with Crippen LogP contribution in [0.15, 0.2) is 47.4 Å². The molecule has 0 saturated carbocycles. The van der Waals surface area contributed by atoms with Gasteiger partial charge < -0.3 is 19.3 Å². The number of ether oxygens (including phenoxy) is 2. The van der Waals surface area contributed by atoms with E-state index in [4.69, 9.17) is 9.47 Å². The molecule has 8 nitrogen and oxygen atoms in total. The third-order valence-electron chi connectivity index (χ3n) is 5.96. The Labute approximate surface area is 203 Å². The van der Waals surface area contributed by atoms with Crippen molar-refractivity contribution in [1.29, 1.82) is 0 Å². The summed E-state index contributed by atoms with van der Waals surface area (Å²) < 4.78 is 38.9. The molecular weight excluding hydrogens is 454 g/mol. The fourth-order valence-electron chi connectivity index (χ4n) is 3.88. The van der Waals surface area contributed by atoms with E-state index in [1.165, 1.54) is 10.4 Å². The molecule has 1 aliphatic heterocycles. The van der Waals surface area contributed by atoms with E-state index in [-0.39, 0.29) is 10.8 Å². The summed E-state index contributed by atoms with van der Waals surface area (Å²) >= 11 is 0. The zero-order valence-electron chi connectivity index (χ0n) is 20.5. The highest BCUT2D eigenvalue weighted by Gasteiger charge is 2.27. The highest BCUT2D eigenvalue weighted by Crippen LogP contribution is 2.28. The van der Waals surface area contributed by atoms with Crippen molar-refractivity contribution in [2.24, 2.45) is 0 Å². The fraction of sp³-hybridized carbons (Fsp3) is 0.480. The van der Waals surface area contributed by atoms with Gasteiger partial charge >= 0.3 is 0 Å². The van der Waals surface area contributed by atoms with E-state index in [1.807, 2.05) is 31.2 Å². The maximum atomic E-state index is 13.5. The molecule has 0 radical (unpaired) electrons. The summed E-state index contributed by atoms with van der Waals surface area (Å²) in [6, 6.07) is 12.6. The number of sulfonamides is 1. The van der Waals surface area contributed by atoms with E-state index in [0.717, 1.165) is 17.0 Å². The molecule has 1 heterocycles. The Hall–Kier alpha value is -2.62. The van der Waals surface area contributed by atoms with Gasteiger partial charge in [-0.15, -0.1) is 0 Å². The van der Waals surface area contributed by atoms with E-state index < -0.39 is 10.0 Å². The minimum Gasteiger partial charge on any atom is -0.492 e. The molecule has 0 aromatic heterocycles. The molecule has 186 valence electrons. The number of aryl methyl sites for hydroxylation is 1. The first-order chi connectivity index (χ1) is 16.3. The molecule has 1 amide bonds. The molecule has 2 aromatic rings. The minimum absolute atomic E-state index is 0.126. The Morgan fingerprint density at radius 3 is 2.32 bits per heavy atom. The Kier molecular flexibility index (Phi) is 8.93. The van der Waals surface area contributed by atoms with E-state index in [0.29, 0.717) is 58.1 Å². The summed E-state index contributed by atoms with van der Waals surface area (Å²) in [5.41, 5.74) is 2.24. The molecule has 0 unspecified atom stereocenters. The van der Waals surface area contributed by atoms with Crippen molar-refractivity contribution in [3.63, 3.8) is 0 Å². The number of carbonyl (C=O) groups is 1. The second-order valence-corrected chi connectivity index (χ2v) is 10.2. The van der Waals surface area contributed by atoms with Gasteiger partial charge in [0.15, 0.2) is 0 Å². The van der Waals surface area contributed by atoms with Crippen molar-refractivity contribution in [3.8, 4) is 5.75 Å². The lowest BCUT2D eigenvalue weighted by molar-refractivity contribution is 0.0773. The standard InChI is InChI=1S/C25H35N3O5S/c1-5-28(6-2)34(30,31)22-11-12-24(27-14-16-32-17-15-27)23(19-22)25(29)26(4)13-18-33-21-9-7-20(3)8-10-21/h7-12,19H,5-6,13-18H2,1-4H3. The number of carbonyl (C=O) groups excluding carboxylic acids is 1. The molecule has 0 atom stereocenters. The van der Waals surface area contributed by atoms with Crippen LogP contribution in [0.5, 0.6) is 5.75 Å². The summed E-state index contributed by atoms with van der Waals surface area (Å²) in [4.78, 5) is 17.3. The van der Waals surface area contributed by atoms with Gasteiger partial charge in [0.1, 0.15) is 12.4 Å². The van der Waals surface area contributed by atoms with Crippen LogP contribution >= 0.6 is 0 Å². The number of hydrogen-bond donors (Lipinski definition) is 0. The summed E-state index contributed by atoms with van der Waals surface area (Å²) in [5, 5.41) is 0.